The molecule has 0 atom stereocenters. The highest BCUT2D eigenvalue weighted by molar-refractivity contribution is 5.79. The van der Waals surface area contributed by atoms with E-state index in [9.17, 15) is 18.0 Å². The van der Waals surface area contributed by atoms with Crippen LogP contribution in [0, 0.1) is 6.92 Å². The van der Waals surface area contributed by atoms with Crippen molar-refractivity contribution in [3.8, 4) is 0 Å². The van der Waals surface area contributed by atoms with Gasteiger partial charge in [0.2, 0.25) is 0 Å². The molecule has 0 radical (unpaired) electrons. The van der Waals surface area contributed by atoms with Crippen molar-refractivity contribution in [1.82, 2.24) is 4.98 Å². The summed E-state index contributed by atoms with van der Waals surface area (Å²) in [6, 6.07) is 0.788. The van der Waals surface area contributed by atoms with E-state index in [1.165, 1.54) is 6.92 Å². The molecule has 0 bridgehead atoms. The highest BCUT2D eigenvalue weighted by atomic mass is 19.4. The Morgan fingerprint density at radius 3 is 2.46 bits per heavy atom. The average Bonchev–Trinajstić information content (AvgIpc) is 2.02. The molecular formula is C8H6F3NO. The lowest BCUT2D eigenvalue weighted by atomic mass is 10.1. The van der Waals surface area contributed by atoms with Crippen LogP contribution in [-0.2, 0) is 6.18 Å². The molecule has 0 aromatic carbocycles. The molecule has 0 spiro atoms. The number of rotatable bonds is 1. The van der Waals surface area contributed by atoms with Crippen molar-refractivity contribution >= 4 is 6.29 Å². The first-order valence-corrected chi connectivity index (χ1v) is 3.45. The molecule has 0 amide bonds. The fourth-order valence-corrected chi connectivity index (χ4v) is 0.974. The van der Waals surface area contributed by atoms with Crippen molar-refractivity contribution in [2.45, 2.75) is 13.1 Å². The van der Waals surface area contributed by atoms with Gasteiger partial charge in [-0.25, -0.2) is 0 Å². The second-order valence-corrected chi connectivity index (χ2v) is 2.47. The Morgan fingerprint density at radius 2 is 2.08 bits per heavy atom. The van der Waals surface area contributed by atoms with Crippen molar-refractivity contribution < 1.29 is 18.0 Å². The molecule has 0 saturated carbocycles. The third kappa shape index (κ3) is 1.85. The van der Waals surface area contributed by atoms with Gasteiger partial charge in [-0.2, -0.15) is 13.2 Å². The van der Waals surface area contributed by atoms with Gasteiger partial charge in [-0.3, -0.25) is 9.78 Å². The number of aldehydes is 1. The minimum atomic E-state index is -4.50. The first-order valence-electron chi connectivity index (χ1n) is 3.45. The summed E-state index contributed by atoms with van der Waals surface area (Å²) in [6.07, 6.45) is -3.29. The Kier molecular flexibility index (Phi) is 2.36. The predicted octanol–water partition coefficient (Wildman–Crippen LogP) is 2.22. The van der Waals surface area contributed by atoms with Crippen LogP contribution in [0.2, 0.25) is 0 Å². The number of nitrogens with zero attached hydrogens (tertiary/aromatic N) is 1. The smallest absolute Gasteiger partial charge is 0.298 e. The van der Waals surface area contributed by atoms with Crippen molar-refractivity contribution in [3.63, 3.8) is 0 Å². The van der Waals surface area contributed by atoms with Crippen molar-refractivity contribution in [3.05, 3.63) is 29.1 Å². The molecule has 0 aliphatic carbocycles. The Labute approximate surface area is 72.4 Å². The largest absolute Gasteiger partial charge is 0.417 e. The van der Waals surface area contributed by atoms with E-state index in [2.05, 4.69) is 4.98 Å². The Hall–Kier alpha value is -1.39. The summed E-state index contributed by atoms with van der Waals surface area (Å²) in [5.41, 5.74) is -1.24. The maximum absolute atomic E-state index is 12.2. The van der Waals surface area contributed by atoms with E-state index < -0.39 is 17.3 Å². The number of halogens is 3. The second kappa shape index (κ2) is 3.16. The molecule has 1 aromatic heterocycles. The van der Waals surface area contributed by atoms with Crippen LogP contribution < -0.4 is 0 Å². The van der Waals surface area contributed by atoms with E-state index in [0.717, 1.165) is 12.3 Å². The number of alkyl halides is 3. The molecule has 1 aromatic rings. The predicted molar refractivity (Wildman–Crippen MR) is 39.4 cm³/mol. The van der Waals surface area contributed by atoms with Gasteiger partial charge < -0.3 is 0 Å². The number of aryl methyl sites for hydroxylation is 1. The zero-order valence-electron chi connectivity index (χ0n) is 6.72. The molecule has 70 valence electrons. The van der Waals surface area contributed by atoms with E-state index >= 15 is 0 Å². The zero-order chi connectivity index (χ0) is 10.1. The fourth-order valence-electron chi connectivity index (χ4n) is 0.974. The number of carbonyl (C=O) groups is 1. The summed E-state index contributed by atoms with van der Waals surface area (Å²) in [7, 11) is 0. The van der Waals surface area contributed by atoms with Crippen LogP contribution in [0.15, 0.2) is 12.3 Å². The van der Waals surface area contributed by atoms with E-state index in [-0.39, 0.29) is 12.0 Å². The molecule has 0 N–H and O–H groups in total. The van der Waals surface area contributed by atoms with Crippen LogP contribution in [0.25, 0.3) is 0 Å². The van der Waals surface area contributed by atoms with Gasteiger partial charge in [0.15, 0.2) is 6.29 Å². The van der Waals surface area contributed by atoms with Gasteiger partial charge in [-0.05, 0) is 13.0 Å². The standard InChI is InChI=1S/C8H6F3NO/c1-5-6(4-13)7(2-3-12-5)8(9,10)11/h2-4H,1H3. The molecule has 1 heterocycles. The monoisotopic (exact) mass is 189 g/mol. The summed E-state index contributed by atoms with van der Waals surface area (Å²) in [6.45, 7) is 1.36. The fraction of sp³-hybridized carbons (Fsp3) is 0.250. The topological polar surface area (TPSA) is 30.0 Å². The molecule has 0 fully saturated rings. The molecule has 0 aliphatic rings. The molecule has 13 heavy (non-hydrogen) atoms. The molecule has 0 aliphatic heterocycles. The van der Waals surface area contributed by atoms with Gasteiger partial charge in [-0.15, -0.1) is 0 Å². The second-order valence-electron chi connectivity index (χ2n) is 2.47. The van der Waals surface area contributed by atoms with Crippen LogP contribution in [0.5, 0.6) is 0 Å². The highest BCUT2D eigenvalue weighted by Gasteiger charge is 2.33. The lowest BCUT2D eigenvalue weighted by Gasteiger charge is -2.09. The zero-order valence-corrected chi connectivity index (χ0v) is 6.72. The summed E-state index contributed by atoms with van der Waals surface area (Å²) >= 11 is 0. The Morgan fingerprint density at radius 1 is 1.46 bits per heavy atom. The van der Waals surface area contributed by atoms with Crippen LogP contribution in [-0.4, -0.2) is 11.3 Å². The summed E-state index contributed by atoms with van der Waals surface area (Å²) < 4.78 is 36.7. The molecule has 0 saturated heterocycles. The number of carbonyl (C=O) groups excluding carboxylic acids is 1. The number of pyridine rings is 1. The maximum atomic E-state index is 12.2. The highest BCUT2D eigenvalue weighted by Crippen LogP contribution is 2.31. The minimum absolute atomic E-state index is 0.0878. The molecule has 1 rings (SSSR count). The van der Waals surface area contributed by atoms with E-state index in [0.29, 0.717) is 0 Å². The minimum Gasteiger partial charge on any atom is -0.298 e. The molecule has 2 nitrogen and oxygen atoms in total. The van der Waals surface area contributed by atoms with Crippen LogP contribution in [0.1, 0.15) is 21.6 Å². The van der Waals surface area contributed by atoms with Crippen molar-refractivity contribution in [2.75, 3.05) is 0 Å². The summed E-state index contributed by atoms with van der Waals surface area (Å²) in [4.78, 5) is 13.9. The van der Waals surface area contributed by atoms with E-state index in [4.69, 9.17) is 0 Å². The van der Waals surface area contributed by atoms with Crippen molar-refractivity contribution in [1.29, 1.82) is 0 Å². The quantitative estimate of drug-likeness (QED) is 0.634. The molecule has 0 unspecified atom stereocenters. The molecule has 5 heteroatoms. The van der Waals surface area contributed by atoms with E-state index in [1.807, 2.05) is 0 Å². The Balaban J connectivity index is 3.37. The number of aromatic nitrogens is 1. The van der Waals surface area contributed by atoms with E-state index in [1.54, 1.807) is 0 Å². The third-order valence-corrected chi connectivity index (χ3v) is 1.61. The molecular weight excluding hydrogens is 183 g/mol. The lowest BCUT2D eigenvalue weighted by molar-refractivity contribution is -0.137. The van der Waals surface area contributed by atoms with Gasteiger partial charge in [0.05, 0.1) is 5.56 Å². The van der Waals surface area contributed by atoms with Gasteiger partial charge in [-0.1, -0.05) is 0 Å². The first kappa shape index (κ1) is 9.70. The van der Waals surface area contributed by atoms with Gasteiger partial charge in [0, 0.05) is 17.5 Å². The first-order chi connectivity index (χ1) is 5.96. The van der Waals surface area contributed by atoms with Crippen LogP contribution in [0.3, 0.4) is 0 Å². The number of hydrogen-bond acceptors (Lipinski definition) is 2. The maximum Gasteiger partial charge on any atom is 0.417 e. The van der Waals surface area contributed by atoms with Crippen LogP contribution in [0.4, 0.5) is 13.2 Å². The Bertz CT molecular complexity index is 333. The summed E-state index contributed by atoms with van der Waals surface area (Å²) in [5, 5.41) is 0. The number of hydrogen-bond donors (Lipinski definition) is 0. The average molecular weight is 189 g/mol. The third-order valence-electron chi connectivity index (χ3n) is 1.61. The lowest BCUT2D eigenvalue weighted by Crippen LogP contribution is -2.10. The SMILES string of the molecule is Cc1nccc(C(F)(F)F)c1C=O. The van der Waals surface area contributed by atoms with Crippen molar-refractivity contribution in [2.24, 2.45) is 0 Å². The van der Waals surface area contributed by atoms with Gasteiger partial charge in [0.25, 0.3) is 0 Å². The van der Waals surface area contributed by atoms with Gasteiger partial charge >= 0.3 is 6.18 Å². The van der Waals surface area contributed by atoms with Gasteiger partial charge in [0.1, 0.15) is 0 Å². The normalized spacial score (nSPS) is 11.4. The summed E-state index contributed by atoms with van der Waals surface area (Å²) in [5.74, 6) is 0. The van der Waals surface area contributed by atoms with Crippen LogP contribution >= 0.6 is 0 Å².